The van der Waals surface area contributed by atoms with Gasteiger partial charge in [-0.2, -0.15) is 0 Å². The van der Waals surface area contributed by atoms with Gasteiger partial charge >= 0.3 is 0 Å². The van der Waals surface area contributed by atoms with Gasteiger partial charge in [-0.1, -0.05) is 31.1 Å². The summed E-state index contributed by atoms with van der Waals surface area (Å²) in [7, 11) is 4.20. The summed E-state index contributed by atoms with van der Waals surface area (Å²) in [6, 6.07) is 0.156. The second-order valence-corrected chi connectivity index (χ2v) is 5.48. The van der Waals surface area contributed by atoms with Crippen LogP contribution in [0.4, 0.5) is 0 Å². The SMILES string of the molecule is CC1=CC(CN(C)C)=C(C)C(C)(C)C1N. The highest BCUT2D eigenvalue weighted by Crippen LogP contribution is 2.38. The van der Waals surface area contributed by atoms with Crippen molar-refractivity contribution in [1.29, 1.82) is 0 Å². The zero-order chi connectivity index (χ0) is 11.8. The molecule has 1 aliphatic carbocycles. The fourth-order valence-electron chi connectivity index (χ4n) is 2.19. The van der Waals surface area contributed by atoms with Crippen molar-refractivity contribution in [1.82, 2.24) is 4.90 Å². The summed E-state index contributed by atoms with van der Waals surface area (Å²) in [5, 5.41) is 0. The third-order valence-corrected chi connectivity index (χ3v) is 3.60. The van der Waals surface area contributed by atoms with Crippen LogP contribution in [0.1, 0.15) is 27.7 Å². The monoisotopic (exact) mass is 208 g/mol. The van der Waals surface area contributed by atoms with E-state index in [1.807, 2.05) is 0 Å². The average molecular weight is 208 g/mol. The number of nitrogens with zero attached hydrogens (tertiary/aromatic N) is 1. The van der Waals surface area contributed by atoms with Crippen molar-refractivity contribution in [3.8, 4) is 0 Å². The van der Waals surface area contributed by atoms with Gasteiger partial charge in [-0.15, -0.1) is 0 Å². The molecule has 15 heavy (non-hydrogen) atoms. The largest absolute Gasteiger partial charge is 0.324 e. The minimum atomic E-state index is 0.0875. The molecule has 2 heteroatoms. The standard InChI is InChI=1S/C13H24N2/c1-9-7-11(8-15(5)6)10(2)13(3,4)12(9)14/h7,12H,8,14H2,1-6H3. The molecule has 1 unspecified atom stereocenters. The number of likely N-dealkylation sites (N-methyl/N-ethyl adjacent to an activating group) is 1. The number of nitrogens with two attached hydrogens (primary N) is 1. The molecule has 1 aliphatic rings. The fraction of sp³-hybridized carbons (Fsp3) is 0.692. The molecule has 0 saturated carbocycles. The van der Waals surface area contributed by atoms with Gasteiger partial charge in [-0.05, 0) is 33.5 Å². The molecule has 0 aromatic heterocycles. The summed E-state index contributed by atoms with van der Waals surface area (Å²) < 4.78 is 0. The zero-order valence-electron chi connectivity index (χ0n) is 10.9. The van der Waals surface area contributed by atoms with Crippen molar-refractivity contribution in [2.24, 2.45) is 11.1 Å². The summed E-state index contributed by atoms with van der Waals surface area (Å²) in [4.78, 5) is 2.20. The van der Waals surface area contributed by atoms with Gasteiger partial charge < -0.3 is 10.6 Å². The van der Waals surface area contributed by atoms with Gasteiger partial charge in [0.05, 0.1) is 0 Å². The fourth-order valence-corrected chi connectivity index (χ4v) is 2.19. The lowest BCUT2D eigenvalue weighted by Gasteiger charge is -2.39. The van der Waals surface area contributed by atoms with Crippen LogP contribution in [0.2, 0.25) is 0 Å². The molecule has 0 aliphatic heterocycles. The first kappa shape index (κ1) is 12.5. The molecule has 0 radical (unpaired) electrons. The van der Waals surface area contributed by atoms with Crippen molar-refractivity contribution < 1.29 is 0 Å². The Morgan fingerprint density at radius 2 is 1.87 bits per heavy atom. The molecule has 2 N–H and O–H groups in total. The smallest absolute Gasteiger partial charge is 0.0344 e. The third kappa shape index (κ3) is 2.32. The maximum atomic E-state index is 6.22. The van der Waals surface area contributed by atoms with E-state index in [1.54, 1.807) is 0 Å². The predicted molar refractivity (Wildman–Crippen MR) is 66.8 cm³/mol. The maximum Gasteiger partial charge on any atom is 0.0344 e. The predicted octanol–water partition coefficient (Wildman–Crippen LogP) is 2.18. The molecular weight excluding hydrogens is 184 g/mol. The van der Waals surface area contributed by atoms with E-state index in [9.17, 15) is 0 Å². The normalized spacial score (nSPS) is 25.9. The van der Waals surface area contributed by atoms with Crippen molar-refractivity contribution in [2.75, 3.05) is 20.6 Å². The van der Waals surface area contributed by atoms with E-state index < -0.39 is 0 Å². The van der Waals surface area contributed by atoms with E-state index in [2.05, 4.69) is 52.8 Å². The molecular formula is C13H24N2. The first-order chi connectivity index (χ1) is 6.76. The molecule has 86 valence electrons. The van der Waals surface area contributed by atoms with Crippen LogP contribution in [0.3, 0.4) is 0 Å². The van der Waals surface area contributed by atoms with E-state index >= 15 is 0 Å². The Labute approximate surface area is 93.8 Å². The lowest BCUT2D eigenvalue weighted by atomic mass is 9.70. The Morgan fingerprint density at radius 1 is 1.33 bits per heavy atom. The van der Waals surface area contributed by atoms with Gasteiger partial charge in [0.25, 0.3) is 0 Å². The summed E-state index contributed by atoms with van der Waals surface area (Å²) >= 11 is 0. The quantitative estimate of drug-likeness (QED) is 0.753. The van der Waals surface area contributed by atoms with Gasteiger partial charge in [-0.25, -0.2) is 0 Å². The molecule has 0 heterocycles. The third-order valence-electron chi connectivity index (χ3n) is 3.60. The van der Waals surface area contributed by atoms with Crippen LogP contribution in [0.25, 0.3) is 0 Å². The average Bonchev–Trinajstić information content (AvgIpc) is 2.11. The van der Waals surface area contributed by atoms with Gasteiger partial charge in [-0.3, -0.25) is 0 Å². The molecule has 0 fully saturated rings. The summed E-state index contributed by atoms with van der Waals surface area (Å²) in [6.07, 6.45) is 2.26. The van der Waals surface area contributed by atoms with Crippen molar-refractivity contribution >= 4 is 0 Å². The second kappa shape index (κ2) is 4.11. The second-order valence-electron chi connectivity index (χ2n) is 5.48. The van der Waals surface area contributed by atoms with Gasteiger partial charge in [0.1, 0.15) is 0 Å². The Morgan fingerprint density at radius 3 is 2.33 bits per heavy atom. The molecule has 0 amide bonds. The summed E-state index contributed by atoms with van der Waals surface area (Å²) in [6.45, 7) is 9.81. The van der Waals surface area contributed by atoms with Crippen LogP contribution in [0.5, 0.6) is 0 Å². The highest BCUT2D eigenvalue weighted by molar-refractivity contribution is 5.40. The topological polar surface area (TPSA) is 29.3 Å². The molecule has 1 rings (SSSR count). The highest BCUT2D eigenvalue weighted by Gasteiger charge is 2.33. The minimum absolute atomic E-state index is 0.0875. The zero-order valence-corrected chi connectivity index (χ0v) is 10.9. The lowest BCUT2D eigenvalue weighted by Crippen LogP contribution is -2.42. The number of rotatable bonds is 2. The van der Waals surface area contributed by atoms with Crippen LogP contribution < -0.4 is 5.73 Å². The summed E-state index contributed by atoms with van der Waals surface area (Å²) in [5.41, 5.74) is 10.5. The Hall–Kier alpha value is -0.600. The summed E-state index contributed by atoms with van der Waals surface area (Å²) in [5.74, 6) is 0. The van der Waals surface area contributed by atoms with Crippen molar-refractivity contribution in [2.45, 2.75) is 33.7 Å². The van der Waals surface area contributed by atoms with Crippen LogP contribution in [-0.2, 0) is 0 Å². The van der Waals surface area contributed by atoms with E-state index in [4.69, 9.17) is 5.73 Å². The molecule has 0 saturated heterocycles. The maximum absolute atomic E-state index is 6.22. The molecule has 2 nitrogen and oxygen atoms in total. The van der Waals surface area contributed by atoms with Gasteiger partial charge in [0, 0.05) is 18.0 Å². The van der Waals surface area contributed by atoms with Crippen LogP contribution in [-0.4, -0.2) is 31.6 Å². The van der Waals surface area contributed by atoms with Crippen LogP contribution in [0, 0.1) is 5.41 Å². The minimum Gasteiger partial charge on any atom is -0.324 e. The molecule has 0 spiro atoms. The van der Waals surface area contributed by atoms with Crippen LogP contribution >= 0.6 is 0 Å². The first-order valence-electron chi connectivity index (χ1n) is 5.55. The van der Waals surface area contributed by atoms with E-state index in [0.717, 1.165) is 6.54 Å². The number of hydrogen-bond donors (Lipinski definition) is 1. The molecule has 0 aromatic carbocycles. The number of hydrogen-bond acceptors (Lipinski definition) is 2. The van der Waals surface area contributed by atoms with Gasteiger partial charge in [0.15, 0.2) is 0 Å². The molecule has 0 bridgehead atoms. The van der Waals surface area contributed by atoms with Crippen LogP contribution in [0.15, 0.2) is 22.8 Å². The van der Waals surface area contributed by atoms with Crippen molar-refractivity contribution in [3.05, 3.63) is 22.8 Å². The Kier molecular flexibility index (Phi) is 3.41. The molecule has 1 atom stereocenters. The van der Waals surface area contributed by atoms with E-state index in [1.165, 1.54) is 16.7 Å². The van der Waals surface area contributed by atoms with E-state index in [0.29, 0.717) is 0 Å². The van der Waals surface area contributed by atoms with Gasteiger partial charge in [0.2, 0.25) is 0 Å². The lowest BCUT2D eigenvalue weighted by molar-refractivity contribution is 0.363. The van der Waals surface area contributed by atoms with E-state index in [-0.39, 0.29) is 11.5 Å². The molecule has 0 aromatic rings. The Bertz CT molecular complexity index is 308. The van der Waals surface area contributed by atoms with Crippen molar-refractivity contribution in [3.63, 3.8) is 0 Å². The highest BCUT2D eigenvalue weighted by atomic mass is 15.0. The Balaban J connectivity index is 3.09. The first-order valence-corrected chi connectivity index (χ1v) is 5.55.